The molecule has 144 valence electrons. The summed E-state index contributed by atoms with van der Waals surface area (Å²) in [4.78, 5) is 4.31. The summed E-state index contributed by atoms with van der Waals surface area (Å²) in [7, 11) is 0. The van der Waals surface area contributed by atoms with Crippen LogP contribution in [-0.4, -0.2) is 18.7 Å². The maximum absolute atomic E-state index is 12.1. The van der Waals surface area contributed by atoms with E-state index in [1.807, 2.05) is 12.1 Å². The van der Waals surface area contributed by atoms with E-state index in [1.165, 1.54) is 17.5 Å². The lowest BCUT2D eigenvalue weighted by atomic mass is 10.1. The Morgan fingerprint density at radius 2 is 1.85 bits per heavy atom. The maximum atomic E-state index is 12.1. The van der Waals surface area contributed by atoms with Gasteiger partial charge in [0, 0.05) is 5.69 Å². The third-order valence-corrected chi connectivity index (χ3v) is 4.33. The third kappa shape index (κ3) is 5.99. The van der Waals surface area contributed by atoms with Gasteiger partial charge in [-0.3, -0.25) is 0 Å². The zero-order valence-corrected chi connectivity index (χ0v) is 14.9. The van der Waals surface area contributed by atoms with Crippen LogP contribution in [-0.2, 0) is 30.7 Å². The zero-order chi connectivity index (χ0) is 19.3. The van der Waals surface area contributed by atoms with Crippen molar-refractivity contribution in [3.05, 3.63) is 64.7 Å². The molecule has 1 aliphatic carbocycles. The third-order valence-electron chi connectivity index (χ3n) is 4.33. The predicted molar refractivity (Wildman–Crippen MR) is 99.6 cm³/mol. The highest BCUT2D eigenvalue weighted by atomic mass is 19.4. The number of guanidine groups is 1. The molecule has 0 saturated carbocycles. The maximum Gasteiger partial charge on any atom is 0.411 e. The molecule has 0 aromatic heterocycles. The first-order valence-electron chi connectivity index (χ1n) is 8.80. The Hall–Kier alpha value is -2.54. The fourth-order valence-corrected chi connectivity index (χ4v) is 3.12. The van der Waals surface area contributed by atoms with Crippen LogP contribution in [0.25, 0.3) is 0 Å². The topological polar surface area (TPSA) is 59.6 Å². The number of benzene rings is 2. The van der Waals surface area contributed by atoms with Crippen molar-refractivity contribution in [2.45, 2.75) is 38.6 Å². The number of hydrogen-bond donors (Lipinski definition) is 2. The van der Waals surface area contributed by atoms with E-state index in [-0.39, 0.29) is 6.61 Å². The number of rotatable bonds is 6. The molecule has 0 radical (unpaired) electrons. The average molecular weight is 377 g/mol. The minimum atomic E-state index is -4.32. The fraction of sp³-hybridized carbons (Fsp3) is 0.350. The van der Waals surface area contributed by atoms with Crippen molar-refractivity contribution in [3.8, 4) is 0 Å². The number of nitrogens with zero attached hydrogens (tertiary/aromatic N) is 1. The lowest BCUT2D eigenvalue weighted by Gasteiger charge is -2.09. The van der Waals surface area contributed by atoms with Gasteiger partial charge >= 0.3 is 6.18 Å². The number of fused-ring (bicyclic) bond motifs is 1. The van der Waals surface area contributed by atoms with Crippen LogP contribution < -0.4 is 11.1 Å². The van der Waals surface area contributed by atoms with Crippen LogP contribution in [0.2, 0.25) is 0 Å². The van der Waals surface area contributed by atoms with E-state index >= 15 is 0 Å². The van der Waals surface area contributed by atoms with E-state index in [0.717, 1.165) is 24.1 Å². The van der Waals surface area contributed by atoms with Gasteiger partial charge < -0.3 is 15.8 Å². The summed E-state index contributed by atoms with van der Waals surface area (Å²) in [6.07, 6.45) is -0.918. The fourth-order valence-electron chi connectivity index (χ4n) is 3.12. The molecule has 0 saturated heterocycles. The normalized spacial score (nSPS) is 14.3. The minimum Gasteiger partial charge on any atom is -0.370 e. The smallest absolute Gasteiger partial charge is 0.370 e. The second kappa shape index (κ2) is 8.43. The molecule has 2 aromatic carbocycles. The second-order valence-electron chi connectivity index (χ2n) is 6.59. The highest BCUT2D eigenvalue weighted by molar-refractivity contribution is 5.92. The molecule has 0 atom stereocenters. The van der Waals surface area contributed by atoms with Gasteiger partial charge in [0.15, 0.2) is 5.96 Å². The first-order valence-corrected chi connectivity index (χ1v) is 8.80. The number of ether oxygens (including phenoxy) is 1. The Morgan fingerprint density at radius 1 is 1.07 bits per heavy atom. The molecule has 4 nitrogen and oxygen atoms in total. The summed E-state index contributed by atoms with van der Waals surface area (Å²) < 4.78 is 41.1. The molecule has 0 amide bonds. The van der Waals surface area contributed by atoms with Crippen molar-refractivity contribution in [2.75, 3.05) is 11.9 Å². The summed E-state index contributed by atoms with van der Waals surface area (Å²) in [6.45, 7) is -1.02. The quantitative estimate of drug-likeness (QED) is 0.586. The SMILES string of the molecule is NC(=NCc1cccc(COCC(F)(F)F)c1)Nc1ccc2c(c1)CCC2. The standard InChI is InChI=1S/C20H22F3N3O/c21-20(22,23)13-27-12-15-4-1-3-14(9-15)11-25-19(24)26-18-8-7-16-5-2-6-17(16)10-18/h1,3-4,7-10H,2,5-6,11-13H2,(H3,24,25,26). The van der Waals surface area contributed by atoms with Crippen molar-refractivity contribution in [1.29, 1.82) is 0 Å². The number of hydrogen-bond acceptors (Lipinski definition) is 2. The Morgan fingerprint density at radius 3 is 2.67 bits per heavy atom. The molecule has 3 rings (SSSR count). The van der Waals surface area contributed by atoms with Gasteiger partial charge in [0.05, 0.1) is 13.2 Å². The van der Waals surface area contributed by atoms with Gasteiger partial charge in [0.2, 0.25) is 0 Å². The molecule has 0 spiro atoms. The van der Waals surface area contributed by atoms with E-state index in [2.05, 4.69) is 27.2 Å². The average Bonchev–Trinajstić information content (AvgIpc) is 3.07. The van der Waals surface area contributed by atoms with Crippen LogP contribution in [0.5, 0.6) is 0 Å². The molecular formula is C20H22F3N3O. The van der Waals surface area contributed by atoms with Gasteiger partial charge in [-0.1, -0.05) is 30.3 Å². The van der Waals surface area contributed by atoms with Crippen LogP contribution in [0, 0.1) is 0 Å². The van der Waals surface area contributed by atoms with E-state index in [4.69, 9.17) is 5.73 Å². The van der Waals surface area contributed by atoms with Crippen LogP contribution in [0.4, 0.5) is 18.9 Å². The molecule has 2 aromatic rings. The van der Waals surface area contributed by atoms with E-state index in [9.17, 15) is 13.2 Å². The molecule has 7 heteroatoms. The van der Waals surface area contributed by atoms with Gasteiger partial charge in [-0.2, -0.15) is 13.2 Å². The Bertz CT molecular complexity index is 818. The largest absolute Gasteiger partial charge is 0.411 e. The highest BCUT2D eigenvalue weighted by Crippen LogP contribution is 2.24. The highest BCUT2D eigenvalue weighted by Gasteiger charge is 2.27. The van der Waals surface area contributed by atoms with Gasteiger partial charge in [-0.25, -0.2) is 4.99 Å². The summed E-state index contributed by atoms with van der Waals surface area (Å²) in [6, 6.07) is 13.3. The van der Waals surface area contributed by atoms with Crippen LogP contribution >= 0.6 is 0 Å². The molecule has 0 heterocycles. The summed E-state index contributed by atoms with van der Waals surface area (Å²) >= 11 is 0. The minimum absolute atomic E-state index is 0.0973. The molecule has 27 heavy (non-hydrogen) atoms. The van der Waals surface area contributed by atoms with Crippen molar-refractivity contribution in [2.24, 2.45) is 10.7 Å². The van der Waals surface area contributed by atoms with Crippen LogP contribution in [0.1, 0.15) is 28.7 Å². The van der Waals surface area contributed by atoms with Crippen molar-refractivity contribution in [3.63, 3.8) is 0 Å². The van der Waals surface area contributed by atoms with Gasteiger partial charge in [0.25, 0.3) is 0 Å². The van der Waals surface area contributed by atoms with E-state index < -0.39 is 12.8 Å². The number of aryl methyl sites for hydroxylation is 2. The molecule has 3 N–H and O–H groups in total. The number of halogens is 3. The number of nitrogens with one attached hydrogen (secondary N) is 1. The lowest BCUT2D eigenvalue weighted by molar-refractivity contribution is -0.176. The molecular weight excluding hydrogens is 355 g/mol. The number of aliphatic imine (C=N–C) groups is 1. The number of alkyl halides is 3. The summed E-state index contributed by atoms with van der Waals surface area (Å²) in [5.41, 5.74) is 11.1. The zero-order valence-electron chi connectivity index (χ0n) is 14.9. The monoisotopic (exact) mass is 377 g/mol. The number of anilines is 1. The van der Waals surface area contributed by atoms with Crippen LogP contribution in [0.15, 0.2) is 47.5 Å². The van der Waals surface area contributed by atoms with Gasteiger partial charge in [0.1, 0.15) is 6.61 Å². The van der Waals surface area contributed by atoms with Crippen LogP contribution in [0.3, 0.4) is 0 Å². The Kier molecular flexibility index (Phi) is 6.01. The Balaban J connectivity index is 1.54. The van der Waals surface area contributed by atoms with Crippen molar-refractivity contribution in [1.82, 2.24) is 0 Å². The van der Waals surface area contributed by atoms with E-state index in [0.29, 0.717) is 18.1 Å². The first-order chi connectivity index (χ1) is 12.9. The second-order valence-corrected chi connectivity index (χ2v) is 6.59. The predicted octanol–water partition coefficient (Wildman–Crippen LogP) is 4.18. The van der Waals surface area contributed by atoms with E-state index in [1.54, 1.807) is 18.2 Å². The molecule has 0 aliphatic heterocycles. The first kappa shape index (κ1) is 19.2. The molecule has 1 aliphatic rings. The Labute approximate surface area is 156 Å². The van der Waals surface area contributed by atoms with Crippen molar-refractivity contribution >= 4 is 11.6 Å². The summed E-state index contributed by atoms with van der Waals surface area (Å²) in [5, 5.41) is 3.09. The summed E-state index contributed by atoms with van der Waals surface area (Å²) in [5.74, 6) is 0.298. The molecule has 0 bridgehead atoms. The molecule has 0 unspecified atom stereocenters. The lowest BCUT2D eigenvalue weighted by Crippen LogP contribution is -2.22. The number of nitrogens with two attached hydrogens (primary N) is 1. The molecule has 0 fully saturated rings. The van der Waals surface area contributed by atoms with Gasteiger partial charge in [-0.15, -0.1) is 0 Å². The van der Waals surface area contributed by atoms with Gasteiger partial charge in [-0.05, 0) is 53.6 Å². The van der Waals surface area contributed by atoms with Crippen molar-refractivity contribution < 1.29 is 17.9 Å².